The normalized spacial score (nSPS) is 9.96. The number of ether oxygens (including phenoxy) is 1. The van der Waals surface area contributed by atoms with Crippen molar-refractivity contribution in [2.45, 2.75) is 13.5 Å². The van der Waals surface area contributed by atoms with Gasteiger partial charge in [0.1, 0.15) is 12.4 Å². The number of Topliss-reactive ketones (excluding diaryl/α,β-unsaturated/α-hetero) is 1. The highest BCUT2D eigenvalue weighted by Gasteiger charge is 2.12. The molecule has 25 heavy (non-hydrogen) atoms. The second-order valence-electron chi connectivity index (χ2n) is 5.32. The maximum atomic E-state index is 11.7. The summed E-state index contributed by atoms with van der Waals surface area (Å²) >= 11 is 0. The van der Waals surface area contributed by atoms with Crippen LogP contribution in [0.2, 0.25) is 0 Å². The van der Waals surface area contributed by atoms with Crippen LogP contribution in [0.5, 0.6) is 5.75 Å². The van der Waals surface area contributed by atoms with E-state index in [9.17, 15) is 14.4 Å². The van der Waals surface area contributed by atoms with Crippen LogP contribution in [0.15, 0.2) is 54.6 Å². The van der Waals surface area contributed by atoms with Gasteiger partial charge in [-0.15, -0.1) is 0 Å². The van der Waals surface area contributed by atoms with Gasteiger partial charge in [0.15, 0.2) is 5.78 Å². The van der Waals surface area contributed by atoms with Crippen LogP contribution in [0, 0.1) is 0 Å². The van der Waals surface area contributed by atoms with Gasteiger partial charge in [0.05, 0.1) is 12.1 Å². The molecule has 0 spiro atoms. The number of nitrogens with one attached hydrogen (secondary N) is 2. The van der Waals surface area contributed by atoms with Gasteiger partial charge in [0.2, 0.25) is 0 Å². The third-order valence-corrected chi connectivity index (χ3v) is 3.41. The predicted molar refractivity (Wildman–Crippen MR) is 93.2 cm³/mol. The fourth-order valence-corrected chi connectivity index (χ4v) is 2.15. The highest BCUT2D eigenvalue weighted by molar-refractivity contribution is 6.35. The number of carbonyl (C=O) groups is 3. The number of amides is 2. The van der Waals surface area contributed by atoms with E-state index in [0.717, 1.165) is 5.56 Å². The number of ketones is 1. The second kappa shape index (κ2) is 9.22. The van der Waals surface area contributed by atoms with Gasteiger partial charge in [-0.2, -0.15) is 0 Å². The highest BCUT2D eigenvalue weighted by Crippen LogP contribution is 2.17. The van der Waals surface area contributed by atoms with E-state index in [2.05, 4.69) is 10.6 Å². The summed E-state index contributed by atoms with van der Waals surface area (Å²) in [5.74, 6) is -1.06. The Morgan fingerprint density at radius 3 is 2.24 bits per heavy atom. The smallest absolute Gasteiger partial charge is 0.309 e. The summed E-state index contributed by atoms with van der Waals surface area (Å²) in [7, 11) is 0. The number of benzene rings is 2. The Hall–Kier alpha value is -3.15. The maximum absolute atomic E-state index is 11.7. The zero-order valence-electron chi connectivity index (χ0n) is 14.0. The van der Waals surface area contributed by atoms with E-state index < -0.39 is 11.8 Å². The molecule has 2 N–H and O–H groups in total. The standard InChI is InChI=1S/C19H20N2O4/c1-14(22)16-9-5-6-10-17(16)25-12-11-20-18(23)19(24)21-13-15-7-3-2-4-8-15/h2-10H,11-13H2,1H3,(H,20,23)(H,21,24). The van der Waals surface area contributed by atoms with Gasteiger partial charge < -0.3 is 15.4 Å². The molecule has 130 valence electrons. The molecule has 0 radical (unpaired) electrons. The Labute approximate surface area is 146 Å². The summed E-state index contributed by atoms with van der Waals surface area (Å²) in [6, 6.07) is 16.2. The minimum Gasteiger partial charge on any atom is -0.491 e. The Morgan fingerprint density at radius 2 is 1.52 bits per heavy atom. The lowest BCUT2D eigenvalue weighted by Gasteiger charge is -2.10. The number of rotatable bonds is 7. The maximum Gasteiger partial charge on any atom is 0.309 e. The third-order valence-electron chi connectivity index (χ3n) is 3.41. The molecule has 2 aromatic carbocycles. The molecule has 0 saturated heterocycles. The van der Waals surface area contributed by atoms with Crippen LogP contribution in [0.3, 0.4) is 0 Å². The molecule has 0 fully saturated rings. The van der Waals surface area contributed by atoms with Crippen LogP contribution >= 0.6 is 0 Å². The van der Waals surface area contributed by atoms with Crippen LogP contribution in [0.1, 0.15) is 22.8 Å². The summed E-state index contributed by atoms with van der Waals surface area (Å²) in [5.41, 5.74) is 1.39. The fraction of sp³-hybridized carbons (Fsp3) is 0.211. The summed E-state index contributed by atoms with van der Waals surface area (Å²) in [4.78, 5) is 34.9. The monoisotopic (exact) mass is 340 g/mol. The van der Waals surface area contributed by atoms with Crippen LogP contribution in [-0.4, -0.2) is 30.7 Å². The van der Waals surface area contributed by atoms with Gasteiger partial charge in [-0.05, 0) is 24.6 Å². The van der Waals surface area contributed by atoms with Crippen LogP contribution in [0.4, 0.5) is 0 Å². The largest absolute Gasteiger partial charge is 0.491 e. The lowest BCUT2D eigenvalue weighted by molar-refractivity contribution is -0.139. The van der Waals surface area contributed by atoms with E-state index in [-0.39, 0.29) is 25.5 Å². The topological polar surface area (TPSA) is 84.5 Å². The van der Waals surface area contributed by atoms with Crippen molar-refractivity contribution in [1.29, 1.82) is 0 Å². The molecule has 0 heterocycles. The Kier molecular flexibility index (Phi) is 6.71. The third kappa shape index (κ3) is 5.76. The van der Waals surface area contributed by atoms with Gasteiger partial charge in [-0.25, -0.2) is 0 Å². The molecule has 0 saturated carbocycles. The Morgan fingerprint density at radius 1 is 0.880 bits per heavy atom. The van der Waals surface area contributed by atoms with Crippen LogP contribution < -0.4 is 15.4 Å². The average Bonchev–Trinajstić information content (AvgIpc) is 2.64. The van der Waals surface area contributed by atoms with E-state index in [4.69, 9.17) is 4.74 Å². The van der Waals surface area contributed by atoms with Crippen molar-refractivity contribution >= 4 is 17.6 Å². The summed E-state index contributed by atoms with van der Waals surface area (Å²) in [5, 5.41) is 5.02. The fourth-order valence-electron chi connectivity index (χ4n) is 2.15. The highest BCUT2D eigenvalue weighted by atomic mass is 16.5. The van der Waals surface area contributed by atoms with Gasteiger partial charge in [-0.3, -0.25) is 14.4 Å². The molecule has 6 heteroatoms. The molecule has 2 rings (SSSR count). The van der Waals surface area contributed by atoms with E-state index in [1.54, 1.807) is 24.3 Å². The summed E-state index contributed by atoms with van der Waals surface area (Å²) < 4.78 is 5.49. The summed E-state index contributed by atoms with van der Waals surface area (Å²) in [6.45, 7) is 2.06. The van der Waals surface area contributed by atoms with Crippen molar-refractivity contribution in [2.75, 3.05) is 13.2 Å². The number of hydrogen-bond donors (Lipinski definition) is 2. The van der Waals surface area contributed by atoms with Gasteiger partial charge in [0, 0.05) is 6.54 Å². The zero-order valence-corrected chi connectivity index (χ0v) is 14.0. The molecular weight excluding hydrogens is 320 g/mol. The predicted octanol–water partition coefficient (Wildman–Crippen LogP) is 1.70. The van der Waals surface area contributed by atoms with Crippen LogP contribution in [-0.2, 0) is 16.1 Å². The van der Waals surface area contributed by atoms with E-state index in [1.165, 1.54) is 6.92 Å². The molecule has 0 aliphatic rings. The quantitative estimate of drug-likeness (QED) is 0.456. The lowest BCUT2D eigenvalue weighted by atomic mass is 10.1. The lowest BCUT2D eigenvalue weighted by Crippen LogP contribution is -2.41. The second-order valence-corrected chi connectivity index (χ2v) is 5.32. The van der Waals surface area contributed by atoms with E-state index >= 15 is 0 Å². The molecule has 0 unspecified atom stereocenters. The minimum atomic E-state index is -0.723. The SMILES string of the molecule is CC(=O)c1ccccc1OCCNC(=O)C(=O)NCc1ccccc1. The molecule has 0 atom stereocenters. The van der Waals surface area contributed by atoms with Gasteiger partial charge in [0.25, 0.3) is 0 Å². The Balaban J connectivity index is 1.71. The molecule has 6 nitrogen and oxygen atoms in total. The zero-order chi connectivity index (χ0) is 18.1. The molecule has 0 bridgehead atoms. The first-order valence-corrected chi connectivity index (χ1v) is 7.90. The van der Waals surface area contributed by atoms with Crippen molar-refractivity contribution in [1.82, 2.24) is 10.6 Å². The number of carbonyl (C=O) groups excluding carboxylic acids is 3. The van der Waals surface area contributed by atoms with Crippen molar-refractivity contribution in [2.24, 2.45) is 0 Å². The average molecular weight is 340 g/mol. The van der Waals surface area contributed by atoms with Crippen molar-refractivity contribution < 1.29 is 19.1 Å². The molecular formula is C19H20N2O4. The Bertz CT molecular complexity index is 744. The molecule has 0 aliphatic carbocycles. The van der Waals surface area contributed by atoms with Crippen molar-refractivity contribution in [3.63, 3.8) is 0 Å². The molecule has 0 aromatic heterocycles. The number of para-hydroxylation sites is 1. The molecule has 2 aromatic rings. The van der Waals surface area contributed by atoms with E-state index in [0.29, 0.717) is 11.3 Å². The first kappa shape index (κ1) is 18.2. The van der Waals surface area contributed by atoms with Gasteiger partial charge in [-0.1, -0.05) is 42.5 Å². The first-order valence-electron chi connectivity index (χ1n) is 7.90. The first-order chi connectivity index (χ1) is 12.1. The minimum absolute atomic E-state index is 0.0973. The van der Waals surface area contributed by atoms with Crippen molar-refractivity contribution in [3.8, 4) is 5.75 Å². The number of hydrogen-bond acceptors (Lipinski definition) is 4. The molecule has 2 amide bonds. The van der Waals surface area contributed by atoms with E-state index in [1.807, 2.05) is 30.3 Å². The molecule has 0 aliphatic heterocycles. The summed E-state index contributed by atoms with van der Waals surface area (Å²) in [6.07, 6.45) is 0. The van der Waals surface area contributed by atoms with Crippen molar-refractivity contribution in [3.05, 3.63) is 65.7 Å². The van der Waals surface area contributed by atoms with Gasteiger partial charge >= 0.3 is 11.8 Å². The van der Waals surface area contributed by atoms with Crippen LogP contribution in [0.25, 0.3) is 0 Å².